The molecule has 6 nitrogen and oxygen atoms in total. The Kier molecular flexibility index (Phi) is 2.96. The van der Waals surface area contributed by atoms with Gasteiger partial charge in [0.05, 0.1) is 22.5 Å². The zero-order chi connectivity index (χ0) is 23.9. The molecule has 0 spiro atoms. The number of carbonyl (C=O) groups is 3. The molecule has 1 unspecified atom stereocenters. The Bertz CT molecular complexity index is 2010. The molecule has 3 aliphatic heterocycles. The van der Waals surface area contributed by atoms with Crippen molar-refractivity contribution in [3.63, 3.8) is 0 Å². The molecule has 0 saturated carbocycles. The molecule has 6 aromatic carbocycles. The molecular formula is C30H14N2O4. The van der Waals surface area contributed by atoms with Gasteiger partial charge in [-0.2, -0.15) is 0 Å². The fourth-order valence-corrected chi connectivity index (χ4v) is 6.59. The monoisotopic (exact) mass is 466 g/mol. The lowest BCUT2D eigenvalue weighted by atomic mass is 9.82. The Morgan fingerprint density at radius 1 is 0.611 bits per heavy atom. The van der Waals surface area contributed by atoms with E-state index in [1.165, 1.54) is 0 Å². The summed E-state index contributed by atoms with van der Waals surface area (Å²) >= 11 is 0. The maximum Gasteiger partial charge on any atom is 0.346 e. The van der Waals surface area contributed by atoms with Gasteiger partial charge in [0.25, 0.3) is 5.91 Å². The van der Waals surface area contributed by atoms with Crippen LogP contribution in [-0.4, -0.2) is 17.8 Å². The van der Waals surface area contributed by atoms with Crippen LogP contribution in [0.4, 0.5) is 11.4 Å². The zero-order valence-corrected chi connectivity index (χ0v) is 18.6. The van der Waals surface area contributed by atoms with E-state index in [9.17, 15) is 14.4 Å². The third-order valence-electron chi connectivity index (χ3n) is 8.02. The van der Waals surface area contributed by atoms with Gasteiger partial charge >= 0.3 is 11.9 Å². The van der Waals surface area contributed by atoms with Crippen molar-refractivity contribution < 1.29 is 19.1 Å². The van der Waals surface area contributed by atoms with Crippen molar-refractivity contribution in [2.75, 3.05) is 10.2 Å². The van der Waals surface area contributed by atoms with Crippen LogP contribution in [0.15, 0.2) is 72.8 Å². The first kappa shape index (κ1) is 18.4. The molecular weight excluding hydrogens is 452 g/mol. The highest BCUT2D eigenvalue weighted by Crippen LogP contribution is 2.51. The van der Waals surface area contributed by atoms with E-state index in [1.54, 1.807) is 12.1 Å². The number of para-hydroxylation sites is 2. The molecule has 0 saturated heterocycles. The number of hydrogen-bond acceptors (Lipinski definition) is 5. The Balaban J connectivity index is 1.46. The number of benzene rings is 6. The molecule has 0 bridgehead atoms. The second-order valence-corrected chi connectivity index (χ2v) is 9.60. The van der Waals surface area contributed by atoms with Crippen molar-refractivity contribution >= 4 is 72.3 Å². The maximum absolute atomic E-state index is 13.8. The topological polar surface area (TPSA) is 75.7 Å². The SMILES string of the molecule is O=C1OC(=O)c2ccc3c4ccc5c6c(ccc(c7ccc1c2c73)c64)C(=O)N1c2ccccc2NC51. The van der Waals surface area contributed by atoms with Gasteiger partial charge in [-0.25, -0.2) is 9.59 Å². The first-order chi connectivity index (χ1) is 17.6. The average Bonchev–Trinajstić information content (AvgIpc) is 3.29. The molecule has 0 fully saturated rings. The van der Waals surface area contributed by atoms with E-state index in [4.69, 9.17) is 4.74 Å². The first-order valence-electron chi connectivity index (χ1n) is 11.8. The smallest absolute Gasteiger partial charge is 0.346 e. The molecule has 6 aromatic rings. The van der Waals surface area contributed by atoms with Crippen LogP contribution in [0.1, 0.15) is 42.8 Å². The highest BCUT2D eigenvalue weighted by molar-refractivity contribution is 6.39. The number of nitrogens with one attached hydrogen (secondary N) is 1. The Hall–Kier alpha value is -4.97. The minimum Gasteiger partial charge on any atom is -0.386 e. The molecule has 0 aliphatic carbocycles. The lowest BCUT2D eigenvalue weighted by molar-refractivity contribution is 0.0391. The number of ether oxygens (including phenoxy) is 1. The summed E-state index contributed by atoms with van der Waals surface area (Å²) in [4.78, 5) is 40.7. The highest BCUT2D eigenvalue weighted by Gasteiger charge is 2.41. The van der Waals surface area contributed by atoms with Gasteiger partial charge in [-0.1, -0.05) is 42.5 Å². The number of carbonyl (C=O) groups excluding carboxylic acids is 3. The summed E-state index contributed by atoms with van der Waals surface area (Å²) in [5, 5.41) is 10.9. The molecule has 6 heteroatoms. The summed E-state index contributed by atoms with van der Waals surface area (Å²) in [5.41, 5.74) is 4.35. The molecule has 36 heavy (non-hydrogen) atoms. The minimum atomic E-state index is -0.621. The lowest BCUT2D eigenvalue weighted by Crippen LogP contribution is -2.37. The van der Waals surface area contributed by atoms with E-state index in [0.29, 0.717) is 22.1 Å². The molecule has 1 N–H and O–H groups in total. The van der Waals surface area contributed by atoms with Crippen molar-refractivity contribution in [3.05, 3.63) is 95.1 Å². The summed E-state index contributed by atoms with van der Waals surface area (Å²) < 4.78 is 4.97. The van der Waals surface area contributed by atoms with Gasteiger partial charge in [0, 0.05) is 21.9 Å². The summed E-state index contributed by atoms with van der Waals surface area (Å²) in [6.07, 6.45) is -0.282. The van der Waals surface area contributed by atoms with Gasteiger partial charge in [-0.05, 0) is 62.6 Å². The van der Waals surface area contributed by atoms with Crippen molar-refractivity contribution in [3.8, 4) is 0 Å². The van der Waals surface area contributed by atoms with Crippen molar-refractivity contribution in [2.45, 2.75) is 6.17 Å². The van der Waals surface area contributed by atoms with Crippen molar-refractivity contribution in [1.82, 2.24) is 0 Å². The molecule has 168 valence electrons. The van der Waals surface area contributed by atoms with Gasteiger partial charge in [-0.15, -0.1) is 0 Å². The predicted octanol–water partition coefficient (Wildman–Crippen LogP) is 6.13. The number of fused-ring (bicyclic) bond motifs is 6. The number of nitrogens with zero attached hydrogens (tertiary/aromatic N) is 1. The number of amides is 1. The van der Waals surface area contributed by atoms with Crippen LogP contribution in [-0.2, 0) is 4.74 Å². The largest absolute Gasteiger partial charge is 0.386 e. The van der Waals surface area contributed by atoms with Gasteiger partial charge in [0.15, 0.2) is 0 Å². The van der Waals surface area contributed by atoms with E-state index in [0.717, 1.165) is 54.6 Å². The molecule has 1 amide bonds. The van der Waals surface area contributed by atoms with E-state index in [1.807, 2.05) is 53.4 Å². The molecule has 0 aromatic heterocycles. The Labute approximate surface area is 203 Å². The first-order valence-corrected chi connectivity index (χ1v) is 11.8. The molecule has 1 atom stereocenters. The number of hydrogen-bond donors (Lipinski definition) is 1. The van der Waals surface area contributed by atoms with Gasteiger partial charge in [0.2, 0.25) is 0 Å². The predicted molar refractivity (Wildman–Crippen MR) is 137 cm³/mol. The standard InChI is InChI=1S/C30H14N2O4/c33-28-18-10-6-14-16-8-12-20-26-19(29(34)36-30(20)35)11-7-15(24(16)26)13-5-9-17(25(18)23(13)14)27-31-21-3-1-2-4-22(21)32(27)28/h1-12,27,31H. The number of anilines is 2. The van der Waals surface area contributed by atoms with E-state index >= 15 is 0 Å². The van der Waals surface area contributed by atoms with Crippen molar-refractivity contribution in [1.29, 1.82) is 0 Å². The quantitative estimate of drug-likeness (QED) is 0.126. The second kappa shape index (κ2) is 5.80. The average molecular weight is 466 g/mol. The fourth-order valence-electron chi connectivity index (χ4n) is 6.59. The normalized spacial score (nSPS) is 17.7. The van der Waals surface area contributed by atoms with Gasteiger partial charge < -0.3 is 10.1 Å². The summed E-state index contributed by atoms with van der Waals surface area (Å²) in [6, 6.07) is 23.3. The van der Waals surface area contributed by atoms with Crippen LogP contribution in [0, 0.1) is 0 Å². The molecule has 3 heterocycles. The van der Waals surface area contributed by atoms with Crippen LogP contribution in [0.2, 0.25) is 0 Å². The fraction of sp³-hybridized carbons (Fsp3) is 0.0333. The third kappa shape index (κ3) is 1.88. The minimum absolute atomic E-state index is 0.0296. The number of cyclic esters (lactones) is 2. The van der Waals surface area contributed by atoms with Crippen LogP contribution in [0.25, 0.3) is 43.1 Å². The molecule has 9 rings (SSSR count). The Morgan fingerprint density at radius 2 is 1.19 bits per heavy atom. The van der Waals surface area contributed by atoms with Crippen molar-refractivity contribution in [2.24, 2.45) is 0 Å². The van der Waals surface area contributed by atoms with Gasteiger partial charge in [0.1, 0.15) is 6.17 Å². The maximum atomic E-state index is 13.8. The summed E-state index contributed by atoms with van der Waals surface area (Å²) in [5.74, 6) is -1.27. The second-order valence-electron chi connectivity index (χ2n) is 9.60. The van der Waals surface area contributed by atoms with E-state index < -0.39 is 11.9 Å². The summed E-state index contributed by atoms with van der Waals surface area (Å²) in [6.45, 7) is 0. The highest BCUT2D eigenvalue weighted by atomic mass is 16.6. The van der Waals surface area contributed by atoms with Gasteiger partial charge in [-0.3, -0.25) is 9.69 Å². The lowest BCUT2D eigenvalue weighted by Gasteiger charge is -2.32. The number of esters is 2. The van der Waals surface area contributed by atoms with Crippen LogP contribution < -0.4 is 10.2 Å². The summed E-state index contributed by atoms with van der Waals surface area (Å²) in [7, 11) is 0. The van der Waals surface area contributed by atoms with E-state index in [-0.39, 0.29) is 12.1 Å². The van der Waals surface area contributed by atoms with Crippen LogP contribution in [0.3, 0.4) is 0 Å². The number of rotatable bonds is 0. The zero-order valence-electron chi connectivity index (χ0n) is 18.6. The van der Waals surface area contributed by atoms with Crippen LogP contribution in [0.5, 0.6) is 0 Å². The molecule has 0 radical (unpaired) electrons. The Morgan fingerprint density at radius 3 is 1.89 bits per heavy atom. The molecule has 3 aliphatic rings. The van der Waals surface area contributed by atoms with Crippen LogP contribution >= 0.6 is 0 Å². The third-order valence-corrected chi connectivity index (χ3v) is 8.02. The van der Waals surface area contributed by atoms with E-state index in [2.05, 4.69) is 17.4 Å².